The lowest BCUT2D eigenvalue weighted by Crippen LogP contribution is -1.96. The molecule has 0 radical (unpaired) electrons. The monoisotopic (exact) mass is 1520 g/mol. The Labute approximate surface area is 673 Å². The standard InChI is InChI=1S/C100H86N12O4/c1-5-9-61-113-93-57-53-81(73-21-13-17-25-77(73)93)109-105-69-37-29-65(30-38-69)97-85-45-47-87(101-85)98(66-31-39-70(40-32-66)106-110-82-54-58-94(114-62-10-6-2)78-26-18-14-22-74(78)82)89-49-51-91(103-89)100(68-35-43-72(44-36-68)108-112-84-56-60-96(116-64-12-8-4)80-28-20-16-24-76(80)84)92-52-50-90(104-92)99(88-48-46-86(97)102-88)67-33-41-71(42-34-67)107-111-83-55-59-95(115-63-11-7-3)79-27-19-15-23-75(79)83/h13-60,101,104H,5-12,61-64H2,1-4H3. The number of aromatic amines is 2. The van der Waals surface area contributed by atoms with E-state index in [2.05, 4.69) is 183 Å². The molecular weight excluding hydrogens is 1430 g/mol. The van der Waals surface area contributed by atoms with E-state index in [1.807, 2.05) is 146 Å². The number of unbranched alkanes of at least 4 members (excludes halogenated alkanes) is 4. The van der Waals surface area contributed by atoms with Crippen molar-refractivity contribution in [1.29, 1.82) is 0 Å². The van der Waals surface area contributed by atoms with Gasteiger partial charge >= 0.3 is 0 Å². The SMILES string of the molecule is CCCCOc1ccc(N=Nc2ccc(-c3c4nc(c(-c5ccc(N=Nc6ccc(OCCCC)c7ccccc67)cc5)c5ccc([nH]5)c(-c5ccc(N=Nc6ccc(OCCCC)c7ccccc67)cc5)c5nc(c(-c6ccc(N=Nc7ccc(OCCCC)c8ccccc78)cc6)c6ccc3[nH]6)C=C5)C=C4)cc2)c2ccccc12. The molecule has 15 aromatic rings. The van der Waals surface area contributed by atoms with Gasteiger partial charge in [0, 0.05) is 87.4 Å². The number of aromatic nitrogens is 4. The van der Waals surface area contributed by atoms with Gasteiger partial charge in [-0.3, -0.25) is 0 Å². The summed E-state index contributed by atoms with van der Waals surface area (Å²) < 4.78 is 24.9. The van der Waals surface area contributed by atoms with Crippen LogP contribution in [0.25, 0.3) is 134 Å². The van der Waals surface area contributed by atoms with Gasteiger partial charge in [-0.15, -0.1) is 20.5 Å². The van der Waals surface area contributed by atoms with Crippen LogP contribution in [0.3, 0.4) is 0 Å². The van der Waals surface area contributed by atoms with E-state index in [4.69, 9.17) is 69.8 Å². The molecule has 0 saturated carbocycles. The number of ether oxygens (including phenoxy) is 4. The zero-order valence-electron chi connectivity index (χ0n) is 65.3. The van der Waals surface area contributed by atoms with E-state index < -0.39 is 0 Å². The minimum Gasteiger partial charge on any atom is -0.493 e. The molecule has 116 heavy (non-hydrogen) atoms. The zero-order valence-corrected chi connectivity index (χ0v) is 65.3. The van der Waals surface area contributed by atoms with Crippen molar-refractivity contribution >= 4 is 135 Å². The summed E-state index contributed by atoms with van der Waals surface area (Å²) in [5.41, 5.74) is 19.2. The minimum atomic E-state index is 0.649. The Morgan fingerprint density at radius 3 is 0.664 bits per heavy atom. The van der Waals surface area contributed by atoms with Crippen LogP contribution in [0.15, 0.2) is 308 Å². The molecule has 0 saturated heterocycles. The van der Waals surface area contributed by atoms with Gasteiger partial charge in [-0.2, -0.15) is 20.5 Å². The van der Waals surface area contributed by atoms with Crippen molar-refractivity contribution in [2.75, 3.05) is 26.4 Å². The Morgan fingerprint density at radius 1 is 0.233 bits per heavy atom. The van der Waals surface area contributed by atoms with Gasteiger partial charge in [-0.1, -0.05) is 199 Å². The van der Waals surface area contributed by atoms with Crippen LogP contribution in [0.4, 0.5) is 45.5 Å². The maximum Gasteiger partial charge on any atom is 0.127 e. The average molecular weight is 1520 g/mol. The van der Waals surface area contributed by atoms with Gasteiger partial charge in [0.2, 0.25) is 0 Å². The fourth-order valence-electron chi connectivity index (χ4n) is 14.8. The van der Waals surface area contributed by atoms with Crippen molar-refractivity contribution in [3.8, 4) is 67.5 Å². The molecule has 2 aliphatic heterocycles. The van der Waals surface area contributed by atoms with E-state index in [0.717, 1.165) is 230 Å². The van der Waals surface area contributed by atoms with Crippen LogP contribution in [0.1, 0.15) is 102 Å². The van der Waals surface area contributed by atoms with Crippen LogP contribution in [0, 0.1) is 0 Å². The molecule has 570 valence electrons. The van der Waals surface area contributed by atoms with Crippen LogP contribution >= 0.6 is 0 Å². The molecule has 3 aromatic heterocycles. The quantitative estimate of drug-likeness (QED) is 0.0362. The van der Waals surface area contributed by atoms with E-state index in [-0.39, 0.29) is 0 Å². The smallest absolute Gasteiger partial charge is 0.127 e. The summed E-state index contributed by atoms with van der Waals surface area (Å²) in [6.07, 6.45) is 16.5. The highest BCUT2D eigenvalue weighted by Crippen LogP contribution is 2.44. The van der Waals surface area contributed by atoms with Crippen molar-refractivity contribution in [1.82, 2.24) is 19.9 Å². The third-order valence-corrected chi connectivity index (χ3v) is 20.9. The molecule has 0 unspecified atom stereocenters. The zero-order chi connectivity index (χ0) is 78.5. The molecule has 0 amide bonds. The molecule has 16 nitrogen and oxygen atoms in total. The molecule has 8 bridgehead atoms. The molecule has 17 rings (SSSR count). The Kier molecular flexibility index (Phi) is 22.4. The highest BCUT2D eigenvalue weighted by atomic mass is 16.5. The number of H-pyrrole nitrogens is 2. The van der Waals surface area contributed by atoms with E-state index in [1.165, 1.54) is 0 Å². The topological polar surface area (TPSA) is 193 Å². The van der Waals surface area contributed by atoms with Gasteiger partial charge in [0.1, 0.15) is 23.0 Å². The Balaban J connectivity index is 0.813. The van der Waals surface area contributed by atoms with E-state index in [0.29, 0.717) is 49.2 Å². The highest BCUT2D eigenvalue weighted by molar-refractivity contribution is 6.03. The molecule has 0 aliphatic carbocycles. The summed E-state index contributed by atoms with van der Waals surface area (Å²) in [7, 11) is 0. The number of fused-ring (bicyclic) bond motifs is 12. The number of hydrogen-bond acceptors (Lipinski definition) is 14. The molecule has 12 aromatic carbocycles. The van der Waals surface area contributed by atoms with Crippen molar-refractivity contribution in [3.05, 3.63) is 290 Å². The van der Waals surface area contributed by atoms with Crippen LogP contribution in [-0.2, 0) is 0 Å². The highest BCUT2D eigenvalue weighted by Gasteiger charge is 2.22. The summed E-state index contributed by atoms with van der Waals surface area (Å²) in [5, 5.41) is 46.6. The fourth-order valence-corrected chi connectivity index (χ4v) is 14.8. The molecule has 2 N–H and O–H groups in total. The summed E-state index contributed by atoms with van der Waals surface area (Å²) in [6, 6.07) is 89.9. The second-order valence-corrected chi connectivity index (χ2v) is 28.8. The van der Waals surface area contributed by atoms with Gasteiger partial charge in [0.25, 0.3) is 0 Å². The fraction of sp³-hybridized carbons (Fsp3) is 0.160. The number of azo groups is 4. The number of nitrogens with zero attached hydrogens (tertiary/aromatic N) is 10. The number of benzene rings is 12. The lowest BCUT2D eigenvalue weighted by molar-refractivity contribution is 0.313. The second kappa shape index (κ2) is 34.9. The van der Waals surface area contributed by atoms with Crippen molar-refractivity contribution in [2.24, 2.45) is 40.9 Å². The van der Waals surface area contributed by atoms with Crippen molar-refractivity contribution in [2.45, 2.75) is 79.1 Å². The Hall–Kier alpha value is -14.1. The predicted molar refractivity (Wildman–Crippen MR) is 475 cm³/mol. The molecule has 5 heterocycles. The number of nitrogens with one attached hydrogen (secondary N) is 2. The van der Waals surface area contributed by atoms with Gasteiger partial charge < -0.3 is 28.9 Å². The largest absolute Gasteiger partial charge is 0.493 e. The molecule has 0 spiro atoms. The number of rotatable bonds is 28. The normalized spacial score (nSPS) is 12.2. The lowest BCUT2D eigenvalue weighted by Gasteiger charge is -2.10. The summed E-state index contributed by atoms with van der Waals surface area (Å²) >= 11 is 0. The van der Waals surface area contributed by atoms with Crippen LogP contribution in [0.5, 0.6) is 23.0 Å². The Morgan fingerprint density at radius 2 is 0.448 bits per heavy atom. The summed E-state index contributed by atoms with van der Waals surface area (Å²) in [5.74, 6) is 3.35. The van der Waals surface area contributed by atoms with Crippen molar-refractivity contribution < 1.29 is 18.9 Å². The van der Waals surface area contributed by atoms with Gasteiger partial charge in [0.05, 0.1) is 94.7 Å². The van der Waals surface area contributed by atoms with Crippen LogP contribution < -0.4 is 18.9 Å². The maximum atomic E-state index is 6.24. The third-order valence-electron chi connectivity index (χ3n) is 20.9. The van der Waals surface area contributed by atoms with E-state index in [1.54, 1.807) is 0 Å². The van der Waals surface area contributed by atoms with Gasteiger partial charge in [-0.25, -0.2) is 9.97 Å². The average Bonchev–Trinajstić information content (AvgIpc) is 1.60. The third kappa shape index (κ3) is 16.2. The molecular formula is C100H86N12O4. The van der Waals surface area contributed by atoms with Crippen molar-refractivity contribution in [3.63, 3.8) is 0 Å². The van der Waals surface area contributed by atoms with Gasteiger partial charge in [0.15, 0.2) is 0 Å². The first-order valence-corrected chi connectivity index (χ1v) is 40.2. The second-order valence-electron chi connectivity index (χ2n) is 28.8. The van der Waals surface area contributed by atoms with E-state index in [9.17, 15) is 0 Å². The first kappa shape index (κ1) is 74.6. The molecule has 16 heteroatoms. The maximum absolute atomic E-state index is 6.24. The predicted octanol–water partition coefficient (Wildman–Crippen LogP) is 30.3. The number of hydrogen-bond donors (Lipinski definition) is 2. The summed E-state index contributed by atoms with van der Waals surface area (Å²) in [6.45, 7) is 11.3. The van der Waals surface area contributed by atoms with Crippen LogP contribution in [0.2, 0.25) is 0 Å². The molecule has 2 aliphatic rings. The van der Waals surface area contributed by atoms with E-state index >= 15 is 0 Å². The lowest BCUT2D eigenvalue weighted by atomic mass is 10.0. The minimum absolute atomic E-state index is 0.649. The first-order valence-electron chi connectivity index (χ1n) is 40.2. The molecule has 0 fully saturated rings. The van der Waals surface area contributed by atoms with Crippen LogP contribution in [-0.4, -0.2) is 46.4 Å². The molecule has 0 atom stereocenters. The Bertz CT molecular complexity index is 5740. The van der Waals surface area contributed by atoms with Gasteiger partial charge in [-0.05, 0) is 194 Å². The summed E-state index contributed by atoms with van der Waals surface area (Å²) in [4.78, 5) is 19.3. The first-order chi connectivity index (χ1) is 57.3.